The zero-order chi connectivity index (χ0) is 12.3. The molecule has 0 atom stereocenters. The van der Waals surface area contributed by atoms with Gasteiger partial charge in [-0.15, -0.1) is 0 Å². The highest BCUT2D eigenvalue weighted by atomic mass is 35.5. The molecular formula is C12H19ClN2O. The van der Waals surface area contributed by atoms with Gasteiger partial charge in [-0.2, -0.15) is 0 Å². The van der Waals surface area contributed by atoms with Gasteiger partial charge in [0.15, 0.2) is 0 Å². The number of nitrogens with zero attached hydrogens (tertiary/aromatic N) is 1. The van der Waals surface area contributed by atoms with Crippen molar-refractivity contribution < 1.29 is 4.74 Å². The summed E-state index contributed by atoms with van der Waals surface area (Å²) in [5.41, 5.74) is 8.64. The van der Waals surface area contributed by atoms with E-state index in [1.54, 1.807) is 7.11 Å². The van der Waals surface area contributed by atoms with E-state index in [2.05, 4.69) is 4.90 Å². The van der Waals surface area contributed by atoms with Crippen LogP contribution in [0.4, 0.5) is 5.69 Å². The number of hydrogen-bond acceptors (Lipinski definition) is 3. The quantitative estimate of drug-likeness (QED) is 0.881. The fraction of sp³-hybridized carbons (Fsp3) is 0.500. The van der Waals surface area contributed by atoms with Crippen molar-refractivity contribution in [2.75, 3.05) is 32.1 Å². The Morgan fingerprint density at radius 1 is 1.44 bits per heavy atom. The van der Waals surface area contributed by atoms with E-state index in [4.69, 9.17) is 22.1 Å². The Kier molecular flexibility index (Phi) is 4.44. The van der Waals surface area contributed by atoms with E-state index >= 15 is 0 Å². The first-order chi connectivity index (χ1) is 7.52. The molecule has 4 heteroatoms. The lowest BCUT2D eigenvalue weighted by Gasteiger charge is -2.24. The average Bonchev–Trinajstić information content (AvgIpc) is 2.25. The number of anilines is 1. The first-order valence-corrected chi connectivity index (χ1v) is 5.65. The van der Waals surface area contributed by atoms with Gasteiger partial charge < -0.3 is 15.4 Å². The van der Waals surface area contributed by atoms with Crippen molar-refractivity contribution in [2.24, 2.45) is 5.73 Å². The summed E-state index contributed by atoms with van der Waals surface area (Å²) in [6.45, 7) is 5.35. The third-order valence-corrected chi connectivity index (χ3v) is 3.26. The maximum Gasteiger partial charge on any atom is 0.142 e. The summed E-state index contributed by atoms with van der Waals surface area (Å²) in [7, 11) is 3.66. The molecule has 1 aromatic carbocycles. The number of rotatable bonds is 4. The van der Waals surface area contributed by atoms with Crippen LogP contribution in [0.1, 0.15) is 11.1 Å². The van der Waals surface area contributed by atoms with E-state index in [1.165, 1.54) is 0 Å². The van der Waals surface area contributed by atoms with Gasteiger partial charge in [0.1, 0.15) is 5.75 Å². The molecule has 0 aromatic heterocycles. The van der Waals surface area contributed by atoms with Gasteiger partial charge in [0.25, 0.3) is 0 Å². The van der Waals surface area contributed by atoms with Crippen LogP contribution in [0.15, 0.2) is 6.07 Å². The molecule has 0 radical (unpaired) electrons. The molecule has 0 fully saturated rings. The number of hydrogen-bond donors (Lipinski definition) is 1. The number of benzene rings is 1. The lowest BCUT2D eigenvalue weighted by Crippen LogP contribution is -2.26. The van der Waals surface area contributed by atoms with Gasteiger partial charge in [0.2, 0.25) is 0 Å². The number of ether oxygens (including phenoxy) is 1. The lowest BCUT2D eigenvalue weighted by molar-refractivity contribution is 0.414. The summed E-state index contributed by atoms with van der Waals surface area (Å²) in [6.07, 6.45) is 0. The summed E-state index contributed by atoms with van der Waals surface area (Å²) >= 11 is 6.24. The number of halogens is 1. The molecule has 0 bridgehead atoms. The van der Waals surface area contributed by atoms with E-state index in [9.17, 15) is 0 Å². The van der Waals surface area contributed by atoms with Crippen molar-refractivity contribution >= 4 is 17.3 Å². The number of aryl methyl sites for hydroxylation is 1. The zero-order valence-corrected chi connectivity index (χ0v) is 11.1. The van der Waals surface area contributed by atoms with E-state index in [1.807, 2.05) is 27.0 Å². The van der Waals surface area contributed by atoms with Gasteiger partial charge in [-0.1, -0.05) is 11.6 Å². The first kappa shape index (κ1) is 13.1. The molecule has 0 saturated heterocycles. The number of likely N-dealkylation sites (N-methyl/N-ethyl adjacent to an activating group) is 1. The Balaban J connectivity index is 3.29. The number of nitrogens with two attached hydrogens (primary N) is 1. The highest BCUT2D eigenvalue weighted by Crippen LogP contribution is 2.37. The Hall–Kier alpha value is -0.930. The molecule has 0 aliphatic heterocycles. The van der Waals surface area contributed by atoms with Crippen LogP contribution in [-0.4, -0.2) is 27.2 Å². The standard InChI is InChI=1S/C12H19ClN2O/c1-8-7-10(16-4)12(9(2)11(8)13)15(3)6-5-14/h7H,5-6,14H2,1-4H3. The predicted molar refractivity (Wildman–Crippen MR) is 69.8 cm³/mol. The molecule has 0 unspecified atom stereocenters. The van der Waals surface area contributed by atoms with Crippen LogP contribution in [0.5, 0.6) is 5.75 Å². The molecule has 16 heavy (non-hydrogen) atoms. The SMILES string of the molecule is COc1cc(C)c(Cl)c(C)c1N(C)CCN. The van der Waals surface area contributed by atoms with Crippen LogP contribution in [0.2, 0.25) is 5.02 Å². The fourth-order valence-electron chi connectivity index (χ4n) is 1.85. The highest BCUT2D eigenvalue weighted by Gasteiger charge is 2.15. The molecule has 2 N–H and O–H groups in total. The Bertz CT molecular complexity index is 380. The minimum atomic E-state index is 0.602. The van der Waals surface area contributed by atoms with Crippen molar-refractivity contribution in [2.45, 2.75) is 13.8 Å². The maximum atomic E-state index is 6.24. The van der Waals surface area contributed by atoms with Gasteiger partial charge in [-0.3, -0.25) is 0 Å². The van der Waals surface area contributed by atoms with Crippen molar-refractivity contribution in [3.05, 3.63) is 22.2 Å². The molecule has 0 saturated carbocycles. The summed E-state index contributed by atoms with van der Waals surface area (Å²) in [5, 5.41) is 0.791. The molecule has 90 valence electrons. The second kappa shape index (κ2) is 5.41. The minimum absolute atomic E-state index is 0.602. The van der Waals surface area contributed by atoms with Gasteiger partial charge in [-0.25, -0.2) is 0 Å². The van der Waals surface area contributed by atoms with Crippen molar-refractivity contribution in [1.82, 2.24) is 0 Å². The van der Waals surface area contributed by atoms with E-state index in [0.717, 1.165) is 34.1 Å². The van der Waals surface area contributed by atoms with Crippen LogP contribution in [0.25, 0.3) is 0 Å². The molecule has 0 aliphatic rings. The molecular weight excluding hydrogens is 224 g/mol. The fourth-order valence-corrected chi connectivity index (χ4v) is 1.99. The first-order valence-electron chi connectivity index (χ1n) is 5.27. The Morgan fingerprint density at radius 3 is 2.56 bits per heavy atom. The maximum absolute atomic E-state index is 6.24. The third-order valence-electron chi connectivity index (χ3n) is 2.68. The van der Waals surface area contributed by atoms with Crippen LogP contribution in [0.3, 0.4) is 0 Å². The molecule has 0 heterocycles. The van der Waals surface area contributed by atoms with Crippen molar-refractivity contribution in [3.8, 4) is 5.75 Å². The second-order valence-corrected chi connectivity index (χ2v) is 4.27. The topological polar surface area (TPSA) is 38.5 Å². The molecule has 0 aliphatic carbocycles. The average molecular weight is 243 g/mol. The van der Waals surface area contributed by atoms with Crippen molar-refractivity contribution in [3.63, 3.8) is 0 Å². The lowest BCUT2D eigenvalue weighted by atomic mass is 10.1. The van der Waals surface area contributed by atoms with Crippen LogP contribution >= 0.6 is 11.6 Å². The largest absolute Gasteiger partial charge is 0.495 e. The normalized spacial score (nSPS) is 10.4. The summed E-state index contributed by atoms with van der Waals surface area (Å²) in [5.74, 6) is 0.843. The van der Waals surface area contributed by atoms with Gasteiger partial charge in [0.05, 0.1) is 12.8 Å². The minimum Gasteiger partial charge on any atom is -0.495 e. The Labute approximate surface area is 102 Å². The van der Waals surface area contributed by atoms with Gasteiger partial charge >= 0.3 is 0 Å². The second-order valence-electron chi connectivity index (χ2n) is 3.89. The highest BCUT2D eigenvalue weighted by molar-refractivity contribution is 6.32. The van der Waals surface area contributed by atoms with E-state index in [0.29, 0.717) is 6.54 Å². The monoisotopic (exact) mass is 242 g/mol. The van der Waals surface area contributed by atoms with E-state index < -0.39 is 0 Å². The molecule has 1 aromatic rings. The van der Waals surface area contributed by atoms with Crippen LogP contribution in [0, 0.1) is 13.8 Å². The van der Waals surface area contributed by atoms with Crippen LogP contribution in [-0.2, 0) is 0 Å². The van der Waals surface area contributed by atoms with E-state index in [-0.39, 0.29) is 0 Å². The smallest absolute Gasteiger partial charge is 0.142 e. The summed E-state index contributed by atoms with van der Waals surface area (Å²) in [6, 6.07) is 1.96. The number of methoxy groups -OCH3 is 1. The van der Waals surface area contributed by atoms with Gasteiger partial charge in [-0.05, 0) is 31.0 Å². The van der Waals surface area contributed by atoms with Gasteiger partial charge in [0, 0.05) is 25.2 Å². The zero-order valence-electron chi connectivity index (χ0n) is 10.3. The predicted octanol–water partition coefficient (Wildman–Crippen LogP) is 2.36. The molecule has 1 rings (SSSR count). The molecule has 0 spiro atoms. The molecule has 0 amide bonds. The summed E-state index contributed by atoms with van der Waals surface area (Å²) in [4.78, 5) is 2.07. The van der Waals surface area contributed by atoms with Crippen LogP contribution < -0.4 is 15.4 Å². The van der Waals surface area contributed by atoms with Crippen molar-refractivity contribution in [1.29, 1.82) is 0 Å². The molecule has 3 nitrogen and oxygen atoms in total. The third kappa shape index (κ3) is 2.42. The summed E-state index contributed by atoms with van der Waals surface area (Å²) < 4.78 is 5.39. The Morgan fingerprint density at radius 2 is 2.06 bits per heavy atom.